The van der Waals surface area contributed by atoms with Crippen molar-refractivity contribution >= 4 is 28.9 Å². The summed E-state index contributed by atoms with van der Waals surface area (Å²) < 4.78 is 1.16. The lowest BCUT2D eigenvalue weighted by molar-refractivity contribution is 0.922. The number of benzene rings is 1. The Morgan fingerprint density at radius 2 is 1.88 bits per heavy atom. The van der Waals surface area contributed by atoms with E-state index >= 15 is 0 Å². The Hall–Kier alpha value is -1.66. The summed E-state index contributed by atoms with van der Waals surface area (Å²) in [6.07, 6.45) is 0. The zero-order chi connectivity index (χ0) is 11.5. The minimum absolute atomic E-state index is 0.588. The average Bonchev–Trinajstić information content (AvgIpc) is 3.00. The molecule has 0 amide bonds. The maximum Gasteiger partial charge on any atom is 0.209 e. The predicted octanol–water partition coefficient (Wildman–Crippen LogP) is 3.55. The number of nitrogens with zero attached hydrogens (tertiary/aromatic N) is 4. The molecule has 1 aromatic carbocycles. The van der Waals surface area contributed by atoms with Gasteiger partial charge >= 0.3 is 0 Å². The van der Waals surface area contributed by atoms with Gasteiger partial charge in [0.05, 0.1) is 4.21 Å². The van der Waals surface area contributed by atoms with Crippen molar-refractivity contribution in [2.75, 3.05) is 0 Å². The molecule has 0 saturated carbocycles. The van der Waals surface area contributed by atoms with E-state index in [0.29, 0.717) is 5.84 Å². The van der Waals surface area contributed by atoms with Gasteiger partial charge in [0.15, 0.2) is 0 Å². The van der Waals surface area contributed by atoms with E-state index in [1.54, 1.807) is 23.1 Å². The summed E-state index contributed by atoms with van der Waals surface area (Å²) in [4.78, 5) is 1.20. The Bertz CT molecular complexity index is 574. The molecule has 0 aliphatic carbocycles. The van der Waals surface area contributed by atoms with Gasteiger partial charge in [-0.15, -0.1) is 21.9 Å². The van der Waals surface area contributed by atoms with Crippen molar-refractivity contribution in [3.05, 3.63) is 47.3 Å². The van der Waals surface area contributed by atoms with Crippen molar-refractivity contribution in [1.82, 2.24) is 5.43 Å². The fourth-order valence-corrected chi connectivity index (χ4v) is 3.43. The van der Waals surface area contributed by atoms with Crippen LogP contribution in [0.5, 0.6) is 0 Å². The molecular weight excluding hydrogens is 252 g/mol. The van der Waals surface area contributed by atoms with Crippen LogP contribution in [-0.4, -0.2) is 5.84 Å². The van der Waals surface area contributed by atoms with Crippen LogP contribution in [0, 0.1) is 0 Å². The average molecular weight is 259 g/mol. The summed E-state index contributed by atoms with van der Waals surface area (Å²) >= 11 is 3.37. The second kappa shape index (κ2) is 4.68. The Balaban J connectivity index is 1.87. The summed E-state index contributed by atoms with van der Waals surface area (Å²) in [5.74, 6) is 0.588. The molecule has 83 valence electrons. The van der Waals surface area contributed by atoms with E-state index in [1.807, 2.05) is 29.6 Å². The highest BCUT2D eigenvalue weighted by Gasteiger charge is 2.16. The largest absolute Gasteiger partial charge is 0.209 e. The number of hydrogen-bond acceptors (Lipinski definition) is 5. The van der Waals surface area contributed by atoms with E-state index in [1.165, 1.54) is 4.90 Å². The predicted molar refractivity (Wildman–Crippen MR) is 68.4 cm³/mol. The first-order chi connectivity index (χ1) is 8.43. The third kappa shape index (κ3) is 2.22. The van der Waals surface area contributed by atoms with Gasteiger partial charge in [-0.25, -0.2) is 0 Å². The topological polar surface area (TPSA) is 51.2 Å². The van der Waals surface area contributed by atoms with Gasteiger partial charge in [-0.3, -0.25) is 0 Å². The minimum Gasteiger partial charge on any atom is -0.136 e. The first-order valence-electron chi connectivity index (χ1n) is 4.93. The summed E-state index contributed by atoms with van der Waals surface area (Å²) in [6, 6.07) is 12.2. The van der Waals surface area contributed by atoms with Gasteiger partial charge in [-0.2, -0.15) is 0 Å². The van der Waals surface area contributed by atoms with Crippen LogP contribution in [-0.2, 0) is 0 Å². The maximum absolute atomic E-state index is 3.88. The SMILES string of the molecule is c1ccc(Sc2sccc2C2=NN=N[N]2)cc1. The van der Waals surface area contributed by atoms with Crippen molar-refractivity contribution in [2.45, 2.75) is 9.10 Å². The molecule has 0 bridgehead atoms. The van der Waals surface area contributed by atoms with Crippen molar-refractivity contribution in [2.24, 2.45) is 15.5 Å². The van der Waals surface area contributed by atoms with Gasteiger partial charge < -0.3 is 0 Å². The van der Waals surface area contributed by atoms with Gasteiger partial charge in [0.1, 0.15) is 0 Å². The smallest absolute Gasteiger partial charge is 0.136 e. The van der Waals surface area contributed by atoms with Crippen molar-refractivity contribution in [3.63, 3.8) is 0 Å². The van der Waals surface area contributed by atoms with E-state index in [0.717, 1.165) is 9.77 Å². The molecule has 1 aliphatic rings. The van der Waals surface area contributed by atoms with E-state index in [9.17, 15) is 0 Å². The number of rotatable bonds is 3. The Morgan fingerprint density at radius 3 is 2.65 bits per heavy atom. The van der Waals surface area contributed by atoms with E-state index < -0.39 is 0 Å². The first kappa shape index (κ1) is 10.5. The third-order valence-electron chi connectivity index (χ3n) is 2.14. The molecule has 0 saturated heterocycles. The number of hydrogen-bond donors (Lipinski definition) is 0. The molecule has 1 aliphatic heterocycles. The van der Waals surface area contributed by atoms with Gasteiger partial charge in [0, 0.05) is 10.5 Å². The van der Waals surface area contributed by atoms with Gasteiger partial charge in [0.2, 0.25) is 5.84 Å². The van der Waals surface area contributed by atoms with Crippen LogP contribution < -0.4 is 5.43 Å². The Morgan fingerprint density at radius 1 is 1.00 bits per heavy atom. The molecule has 1 radical (unpaired) electrons. The van der Waals surface area contributed by atoms with Crippen molar-refractivity contribution in [3.8, 4) is 0 Å². The quantitative estimate of drug-likeness (QED) is 0.831. The van der Waals surface area contributed by atoms with Crippen LogP contribution in [0.15, 0.2) is 66.4 Å². The lowest BCUT2D eigenvalue weighted by atomic mass is 10.3. The highest BCUT2D eigenvalue weighted by Crippen LogP contribution is 2.35. The van der Waals surface area contributed by atoms with Gasteiger partial charge in [-0.1, -0.05) is 30.0 Å². The number of thiophene rings is 1. The molecular formula is C11H7N4S2. The summed E-state index contributed by atoms with van der Waals surface area (Å²) in [5.41, 5.74) is 4.88. The molecule has 17 heavy (non-hydrogen) atoms. The van der Waals surface area contributed by atoms with Crippen molar-refractivity contribution < 1.29 is 0 Å². The minimum atomic E-state index is 0.588. The summed E-state index contributed by atoms with van der Waals surface area (Å²) in [6.45, 7) is 0. The highest BCUT2D eigenvalue weighted by atomic mass is 32.2. The van der Waals surface area contributed by atoms with Crippen LogP contribution in [0.25, 0.3) is 0 Å². The zero-order valence-corrected chi connectivity index (χ0v) is 10.3. The monoisotopic (exact) mass is 259 g/mol. The van der Waals surface area contributed by atoms with Crippen LogP contribution in [0.3, 0.4) is 0 Å². The van der Waals surface area contributed by atoms with Crippen LogP contribution in [0.4, 0.5) is 0 Å². The molecule has 0 unspecified atom stereocenters. The van der Waals surface area contributed by atoms with Gasteiger partial charge in [-0.05, 0) is 34.0 Å². The molecule has 4 nitrogen and oxygen atoms in total. The molecule has 1 aromatic heterocycles. The van der Waals surface area contributed by atoms with Crippen molar-refractivity contribution in [1.29, 1.82) is 0 Å². The van der Waals surface area contributed by atoms with Crippen LogP contribution in [0.2, 0.25) is 0 Å². The standard InChI is InChI=1S/C11H7N4S2/c1-2-4-8(5-3-1)17-11-9(6-7-16-11)10-12-14-15-13-10/h1-7H. The van der Waals surface area contributed by atoms with Crippen LogP contribution >= 0.6 is 23.1 Å². The van der Waals surface area contributed by atoms with Crippen LogP contribution in [0.1, 0.15) is 5.56 Å². The fraction of sp³-hybridized carbons (Fsp3) is 0. The van der Waals surface area contributed by atoms with E-state index in [2.05, 4.69) is 33.1 Å². The number of amidine groups is 1. The third-order valence-corrected chi connectivity index (χ3v) is 4.30. The second-order valence-corrected chi connectivity index (χ2v) is 5.50. The lowest BCUT2D eigenvalue weighted by Gasteiger charge is -2.01. The molecule has 0 N–H and O–H groups in total. The fourth-order valence-electron chi connectivity index (χ4n) is 1.39. The Labute approximate surface area is 106 Å². The van der Waals surface area contributed by atoms with Gasteiger partial charge in [0.25, 0.3) is 0 Å². The molecule has 2 aromatic rings. The molecule has 3 rings (SSSR count). The molecule has 0 fully saturated rings. The normalized spacial score (nSPS) is 13.5. The Kier molecular flexibility index (Phi) is 2.89. The summed E-state index contributed by atoms with van der Waals surface area (Å²) in [5, 5.41) is 12.9. The highest BCUT2D eigenvalue weighted by molar-refractivity contribution is 8.01. The lowest BCUT2D eigenvalue weighted by Crippen LogP contribution is -2.07. The molecule has 0 atom stereocenters. The zero-order valence-electron chi connectivity index (χ0n) is 8.65. The second-order valence-electron chi connectivity index (χ2n) is 3.24. The molecule has 0 spiro atoms. The van der Waals surface area contributed by atoms with E-state index in [4.69, 9.17) is 0 Å². The van der Waals surface area contributed by atoms with E-state index in [-0.39, 0.29) is 0 Å². The molecule has 2 heterocycles. The maximum atomic E-state index is 3.88. The molecule has 6 heteroatoms. The summed E-state index contributed by atoms with van der Waals surface area (Å²) in [7, 11) is 0. The first-order valence-corrected chi connectivity index (χ1v) is 6.62.